The molecule has 1 saturated carbocycles. The molecule has 0 N–H and O–H groups in total. The van der Waals surface area contributed by atoms with Crippen molar-refractivity contribution >= 4 is 5.91 Å². The van der Waals surface area contributed by atoms with Crippen LogP contribution in [-0.2, 0) is 17.4 Å². The Morgan fingerprint density at radius 1 is 0.868 bits per heavy atom. The number of fused-ring (bicyclic) bond motifs is 1. The lowest BCUT2D eigenvalue weighted by Crippen LogP contribution is -2.42. The molecule has 0 radical (unpaired) electrons. The van der Waals surface area contributed by atoms with E-state index >= 15 is 0 Å². The molecule has 1 unspecified atom stereocenters. The zero-order valence-electron chi connectivity index (χ0n) is 22.4. The maximum atomic E-state index is 13.4. The van der Waals surface area contributed by atoms with Gasteiger partial charge in [-0.05, 0) is 79.8 Å². The highest BCUT2D eigenvalue weighted by molar-refractivity contribution is 5.77. The fourth-order valence-electron chi connectivity index (χ4n) is 6.97. The van der Waals surface area contributed by atoms with Gasteiger partial charge in [0.1, 0.15) is 0 Å². The van der Waals surface area contributed by atoms with E-state index in [2.05, 4.69) is 34.1 Å². The van der Waals surface area contributed by atoms with Gasteiger partial charge in [0.25, 0.3) is 0 Å². The van der Waals surface area contributed by atoms with Crippen molar-refractivity contribution in [3.05, 3.63) is 70.8 Å². The Bertz CT molecular complexity index is 1070. The highest BCUT2D eigenvalue weighted by atomic mass is 19.4. The number of alkyl halides is 3. The van der Waals surface area contributed by atoms with Crippen LogP contribution >= 0.6 is 0 Å². The van der Waals surface area contributed by atoms with Crippen LogP contribution in [0.2, 0.25) is 0 Å². The van der Waals surface area contributed by atoms with E-state index < -0.39 is 11.7 Å². The quantitative estimate of drug-likeness (QED) is 0.368. The molecule has 2 fully saturated rings. The van der Waals surface area contributed by atoms with Crippen LogP contribution in [0.25, 0.3) is 0 Å². The Morgan fingerprint density at radius 3 is 2.39 bits per heavy atom. The summed E-state index contributed by atoms with van der Waals surface area (Å²) < 4.78 is 39.5. The molecule has 1 saturated heterocycles. The van der Waals surface area contributed by atoms with E-state index in [0.717, 1.165) is 69.9 Å². The van der Waals surface area contributed by atoms with Gasteiger partial charge < -0.3 is 9.80 Å². The zero-order chi connectivity index (χ0) is 26.5. The number of carbonyl (C=O) groups excluding carboxylic acids is 1. The molecule has 38 heavy (non-hydrogen) atoms. The molecule has 5 rings (SSSR count). The molecule has 0 spiro atoms. The number of hydrogen-bond acceptors (Lipinski definition) is 2. The van der Waals surface area contributed by atoms with Gasteiger partial charge in [0, 0.05) is 19.5 Å². The molecule has 1 atom stereocenters. The average Bonchev–Trinajstić information content (AvgIpc) is 2.95. The summed E-state index contributed by atoms with van der Waals surface area (Å²) in [5.41, 5.74) is 2.90. The smallest absolute Gasteiger partial charge is 0.335 e. The Kier molecular flexibility index (Phi) is 8.77. The standard InChI is InChI=1S/C32H41F3N2O/c33-32(34,35)28-11-6-10-27(23-28)25-15-19-36(20-16-25)21-18-30-29-12-5-4-9-26(29)17-22-37(30)31(38)14-13-24-7-2-1-3-8-24/h4-6,9-12,23-25,30H,1-3,7-8,13-22H2. The first-order valence-corrected chi connectivity index (χ1v) is 14.7. The van der Waals surface area contributed by atoms with Gasteiger partial charge in [0.05, 0.1) is 11.6 Å². The van der Waals surface area contributed by atoms with Gasteiger partial charge in [0.15, 0.2) is 0 Å². The van der Waals surface area contributed by atoms with E-state index in [-0.39, 0.29) is 12.0 Å². The molecule has 2 aromatic rings. The third kappa shape index (κ3) is 6.62. The lowest BCUT2D eigenvalue weighted by molar-refractivity contribution is -0.137. The summed E-state index contributed by atoms with van der Waals surface area (Å²) >= 11 is 0. The number of benzene rings is 2. The van der Waals surface area contributed by atoms with Crippen molar-refractivity contribution in [1.82, 2.24) is 9.80 Å². The summed E-state index contributed by atoms with van der Waals surface area (Å²) in [6.45, 7) is 3.46. The summed E-state index contributed by atoms with van der Waals surface area (Å²) in [5.74, 6) is 1.18. The third-order valence-electron chi connectivity index (χ3n) is 9.22. The summed E-state index contributed by atoms with van der Waals surface area (Å²) in [7, 11) is 0. The predicted octanol–water partition coefficient (Wildman–Crippen LogP) is 7.76. The molecule has 3 aliphatic rings. The second-order valence-electron chi connectivity index (χ2n) is 11.6. The first-order valence-electron chi connectivity index (χ1n) is 14.7. The second kappa shape index (κ2) is 12.2. The van der Waals surface area contributed by atoms with Gasteiger partial charge in [-0.15, -0.1) is 0 Å². The Hall–Kier alpha value is -2.34. The predicted molar refractivity (Wildman–Crippen MR) is 145 cm³/mol. The van der Waals surface area contributed by atoms with Crippen molar-refractivity contribution in [2.75, 3.05) is 26.2 Å². The second-order valence-corrected chi connectivity index (χ2v) is 11.6. The average molecular weight is 527 g/mol. The maximum Gasteiger partial charge on any atom is 0.416 e. The number of carbonyl (C=O) groups is 1. The van der Waals surface area contributed by atoms with Crippen molar-refractivity contribution < 1.29 is 18.0 Å². The molecule has 0 aromatic heterocycles. The van der Waals surface area contributed by atoms with Crippen LogP contribution in [-0.4, -0.2) is 41.9 Å². The lowest BCUT2D eigenvalue weighted by Gasteiger charge is -2.40. The van der Waals surface area contributed by atoms with Gasteiger partial charge in [-0.1, -0.05) is 74.6 Å². The van der Waals surface area contributed by atoms with Crippen LogP contribution in [0.1, 0.15) is 98.4 Å². The molecular weight excluding hydrogens is 485 g/mol. The van der Waals surface area contributed by atoms with Crippen molar-refractivity contribution in [2.45, 2.75) is 88.8 Å². The van der Waals surface area contributed by atoms with Gasteiger partial charge in [0.2, 0.25) is 5.91 Å². The minimum atomic E-state index is -4.30. The molecule has 2 heterocycles. The van der Waals surface area contributed by atoms with E-state index in [1.54, 1.807) is 0 Å². The number of piperidine rings is 1. The molecule has 3 nitrogen and oxygen atoms in total. The van der Waals surface area contributed by atoms with Gasteiger partial charge >= 0.3 is 6.18 Å². The number of hydrogen-bond donors (Lipinski definition) is 0. The Balaban J connectivity index is 1.18. The Labute approximate surface area is 225 Å². The molecule has 0 bridgehead atoms. The SMILES string of the molecule is O=C(CCC1CCCCC1)N1CCc2ccccc2C1CCN1CCC(c2cccc(C(F)(F)F)c2)CC1. The maximum absolute atomic E-state index is 13.4. The molecule has 206 valence electrons. The summed E-state index contributed by atoms with van der Waals surface area (Å²) in [4.78, 5) is 18.0. The van der Waals surface area contributed by atoms with E-state index in [4.69, 9.17) is 0 Å². The van der Waals surface area contributed by atoms with Crippen LogP contribution in [0.5, 0.6) is 0 Å². The number of rotatable bonds is 7. The number of nitrogens with zero attached hydrogens (tertiary/aromatic N) is 2. The first-order chi connectivity index (χ1) is 18.4. The fraction of sp³-hybridized carbons (Fsp3) is 0.594. The minimum Gasteiger partial charge on any atom is -0.335 e. The number of halogens is 3. The van der Waals surface area contributed by atoms with Gasteiger partial charge in [-0.2, -0.15) is 13.2 Å². The third-order valence-corrected chi connectivity index (χ3v) is 9.22. The molecule has 2 aliphatic heterocycles. The van der Waals surface area contributed by atoms with Crippen LogP contribution in [0.3, 0.4) is 0 Å². The fourth-order valence-corrected chi connectivity index (χ4v) is 6.97. The minimum absolute atomic E-state index is 0.111. The topological polar surface area (TPSA) is 23.6 Å². The van der Waals surface area contributed by atoms with Crippen molar-refractivity contribution in [1.29, 1.82) is 0 Å². The van der Waals surface area contributed by atoms with E-state index in [1.165, 1.54) is 55.4 Å². The normalized spacial score (nSPS) is 21.9. The summed E-state index contributed by atoms with van der Waals surface area (Å²) in [6, 6.07) is 14.5. The van der Waals surface area contributed by atoms with Crippen LogP contribution in [0.15, 0.2) is 48.5 Å². The first kappa shape index (κ1) is 27.2. The highest BCUT2D eigenvalue weighted by Gasteiger charge is 2.33. The summed E-state index contributed by atoms with van der Waals surface area (Å²) in [5, 5.41) is 0. The number of amides is 1. The van der Waals surface area contributed by atoms with Crippen molar-refractivity contribution in [2.24, 2.45) is 5.92 Å². The molecule has 1 aliphatic carbocycles. The molecule has 2 aromatic carbocycles. The summed E-state index contributed by atoms with van der Waals surface area (Å²) in [6.07, 6.45) is 7.44. The zero-order valence-corrected chi connectivity index (χ0v) is 22.4. The van der Waals surface area contributed by atoms with Gasteiger partial charge in [-0.3, -0.25) is 4.79 Å². The highest BCUT2D eigenvalue weighted by Crippen LogP contribution is 2.37. The van der Waals surface area contributed by atoms with E-state index in [1.807, 2.05) is 6.07 Å². The lowest BCUT2D eigenvalue weighted by atomic mass is 9.85. The molecule has 1 amide bonds. The van der Waals surface area contributed by atoms with Crippen LogP contribution in [0, 0.1) is 5.92 Å². The monoisotopic (exact) mass is 526 g/mol. The van der Waals surface area contributed by atoms with E-state index in [0.29, 0.717) is 18.2 Å². The molecular formula is C32H41F3N2O. The molecule has 6 heteroatoms. The Morgan fingerprint density at radius 2 is 1.63 bits per heavy atom. The van der Waals surface area contributed by atoms with Crippen molar-refractivity contribution in [3.8, 4) is 0 Å². The van der Waals surface area contributed by atoms with Crippen molar-refractivity contribution in [3.63, 3.8) is 0 Å². The number of likely N-dealkylation sites (tertiary alicyclic amines) is 1. The largest absolute Gasteiger partial charge is 0.416 e. The van der Waals surface area contributed by atoms with Gasteiger partial charge in [-0.25, -0.2) is 0 Å². The van der Waals surface area contributed by atoms with E-state index in [9.17, 15) is 18.0 Å². The van der Waals surface area contributed by atoms with Crippen LogP contribution in [0.4, 0.5) is 13.2 Å². The van der Waals surface area contributed by atoms with Crippen LogP contribution < -0.4 is 0 Å².